The van der Waals surface area contributed by atoms with Crippen molar-refractivity contribution >= 4 is 11.5 Å². The fourth-order valence-electron chi connectivity index (χ4n) is 1.08. The van der Waals surface area contributed by atoms with Crippen LogP contribution in [0, 0.1) is 11.3 Å². The summed E-state index contributed by atoms with van der Waals surface area (Å²) in [6, 6.07) is 4.48. The molecule has 0 aromatic heterocycles. The molecule has 66 valence electrons. The van der Waals surface area contributed by atoms with Gasteiger partial charge in [-0.15, -0.1) is 0 Å². The molecule has 0 unspecified atom stereocenters. The Hall–Kier alpha value is -2.02. The second-order valence-corrected chi connectivity index (χ2v) is 2.59. The van der Waals surface area contributed by atoms with Crippen molar-refractivity contribution in [2.45, 2.75) is 6.92 Å². The first-order valence-corrected chi connectivity index (χ1v) is 3.60. The van der Waals surface area contributed by atoms with Crippen molar-refractivity contribution in [1.29, 1.82) is 5.26 Å². The van der Waals surface area contributed by atoms with Gasteiger partial charge in [0.2, 0.25) is 0 Å². The summed E-state index contributed by atoms with van der Waals surface area (Å²) in [5.74, 6) is -0.545. The number of hydrogen-bond donors (Lipinski definition) is 2. The van der Waals surface area contributed by atoms with Gasteiger partial charge in [-0.1, -0.05) is 0 Å². The molecule has 4 heteroatoms. The summed E-state index contributed by atoms with van der Waals surface area (Å²) in [5.41, 5.74) is 5.74. The quantitative estimate of drug-likeness (QED) is 0.494. The first kappa shape index (κ1) is 9.07. The van der Waals surface area contributed by atoms with Crippen LogP contribution < -0.4 is 5.73 Å². The molecule has 1 aromatic carbocycles. The van der Waals surface area contributed by atoms with Crippen LogP contribution in [0.15, 0.2) is 12.1 Å². The van der Waals surface area contributed by atoms with Gasteiger partial charge in [0.15, 0.2) is 5.78 Å². The molecule has 0 heterocycles. The van der Waals surface area contributed by atoms with Gasteiger partial charge >= 0.3 is 0 Å². The number of Topliss-reactive ketones (excluding diaryl/α,β-unsaturated/α-hetero) is 1. The zero-order valence-corrected chi connectivity index (χ0v) is 7.03. The molecule has 0 radical (unpaired) electrons. The van der Waals surface area contributed by atoms with Crippen molar-refractivity contribution in [3.8, 4) is 11.8 Å². The molecular formula is C9H8N2O2. The number of nitriles is 1. The molecule has 13 heavy (non-hydrogen) atoms. The summed E-state index contributed by atoms with van der Waals surface area (Å²) >= 11 is 0. The summed E-state index contributed by atoms with van der Waals surface area (Å²) in [5, 5.41) is 17.9. The largest absolute Gasteiger partial charge is 0.507 e. The van der Waals surface area contributed by atoms with Gasteiger partial charge in [-0.3, -0.25) is 4.79 Å². The Labute approximate surface area is 75.2 Å². The van der Waals surface area contributed by atoms with E-state index in [0.717, 1.165) is 0 Å². The van der Waals surface area contributed by atoms with Crippen molar-refractivity contribution < 1.29 is 9.90 Å². The Balaban J connectivity index is 3.50. The van der Waals surface area contributed by atoms with Gasteiger partial charge in [0.05, 0.1) is 16.8 Å². The number of aromatic hydroxyl groups is 1. The molecule has 1 rings (SSSR count). The number of nitrogens with two attached hydrogens (primary N) is 1. The lowest BCUT2D eigenvalue weighted by atomic mass is 10.0. The third-order valence-electron chi connectivity index (χ3n) is 1.70. The lowest BCUT2D eigenvalue weighted by Gasteiger charge is -2.05. The van der Waals surface area contributed by atoms with E-state index in [1.165, 1.54) is 19.1 Å². The standard InChI is InChI=1S/C9H8N2O2/c1-5(12)8-7(13)3-2-6(4-10)9(8)11/h2-3,13H,11H2,1H3. The number of carbonyl (C=O) groups excluding carboxylic acids is 1. The predicted octanol–water partition coefficient (Wildman–Crippen LogP) is 1.05. The van der Waals surface area contributed by atoms with Crippen molar-refractivity contribution in [2.24, 2.45) is 0 Å². The average molecular weight is 176 g/mol. The number of benzene rings is 1. The van der Waals surface area contributed by atoms with Crippen LogP contribution >= 0.6 is 0 Å². The molecule has 0 atom stereocenters. The molecule has 1 aromatic rings. The van der Waals surface area contributed by atoms with Gasteiger partial charge in [-0.05, 0) is 19.1 Å². The maximum atomic E-state index is 11.0. The van der Waals surface area contributed by atoms with Gasteiger partial charge in [0.25, 0.3) is 0 Å². The van der Waals surface area contributed by atoms with E-state index in [1.54, 1.807) is 0 Å². The summed E-state index contributed by atoms with van der Waals surface area (Å²) in [6.07, 6.45) is 0. The second kappa shape index (κ2) is 3.15. The maximum Gasteiger partial charge on any atom is 0.165 e. The number of nitrogen functional groups attached to an aromatic ring is 1. The van der Waals surface area contributed by atoms with E-state index >= 15 is 0 Å². The van der Waals surface area contributed by atoms with Crippen molar-refractivity contribution in [2.75, 3.05) is 5.73 Å². The molecule has 4 nitrogen and oxygen atoms in total. The molecule has 0 saturated carbocycles. The van der Waals surface area contributed by atoms with Gasteiger partial charge in [-0.2, -0.15) is 5.26 Å². The van der Waals surface area contributed by atoms with Crippen molar-refractivity contribution in [1.82, 2.24) is 0 Å². The highest BCUT2D eigenvalue weighted by Crippen LogP contribution is 2.26. The van der Waals surface area contributed by atoms with Crippen LogP contribution in [0.1, 0.15) is 22.8 Å². The Bertz CT molecular complexity index is 405. The Morgan fingerprint density at radius 1 is 1.62 bits per heavy atom. The first-order chi connectivity index (χ1) is 6.07. The number of phenols is 1. The number of rotatable bonds is 1. The first-order valence-electron chi connectivity index (χ1n) is 3.60. The van der Waals surface area contributed by atoms with E-state index in [9.17, 15) is 9.90 Å². The predicted molar refractivity (Wildman–Crippen MR) is 47.2 cm³/mol. The minimum Gasteiger partial charge on any atom is -0.507 e. The highest BCUT2D eigenvalue weighted by atomic mass is 16.3. The number of nitrogens with zero attached hydrogens (tertiary/aromatic N) is 1. The summed E-state index contributed by atoms with van der Waals surface area (Å²) in [7, 11) is 0. The van der Waals surface area contributed by atoms with Gasteiger partial charge < -0.3 is 10.8 Å². The Morgan fingerprint density at radius 3 is 2.69 bits per heavy atom. The molecule has 0 aliphatic heterocycles. The topological polar surface area (TPSA) is 87.1 Å². The minimum absolute atomic E-state index is 0.0130. The number of anilines is 1. The molecule has 0 aliphatic carbocycles. The van der Waals surface area contributed by atoms with E-state index in [1.807, 2.05) is 6.07 Å². The Kier molecular flexibility index (Phi) is 2.20. The number of hydrogen-bond acceptors (Lipinski definition) is 4. The SMILES string of the molecule is CC(=O)c1c(O)ccc(C#N)c1N. The third-order valence-corrected chi connectivity index (χ3v) is 1.70. The van der Waals surface area contributed by atoms with Crippen LogP contribution in [-0.2, 0) is 0 Å². The maximum absolute atomic E-state index is 11.0. The minimum atomic E-state index is -0.355. The monoisotopic (exact) mass is 176 g/mol. The van der Waals surface area contributed by atoms with Crippen LogP contribution in [0.2, 0.25) is 0 Å². The van der Waals surface area contributed by atoms with E-state index in [0.29, 0.717) is 0 Å². The molecule has 0 spiro atoms. The van der Waals surface area contributed by atoms with Gasteiger partial charge in [0.1, 0.15) is 11.8 Å². The lowest BCUT2D eigenvalue weighted by Crippen LogP contribution is -2.02. The summed E-state index contributed by atoms with van der Waals surface area (Å²) < 4.78 is 0. The van der Waals surface area contributed by atoms with E-state index < -0.39 is 0 Å². The fraction of sp³-hybridized carbons (Fsp3) is 0.111. The smallest absolute Gasteiger partial charge is 0.165 e. The van der Waals surface area contributed by atoms with E-state index in [2.05, 4.69) is 0 Å². The third kappa shape index (κ3) is 1.44. The molecule has 3 N–H and O–H groups in total. The van der Waals surface area contributed by atoms with E-state index in [-0.39, 0.29) is 28.3 Å². The molecule has 0 bridgehead atoms. The number of ketones is 1. The summed E-state index contributed by atoms with van der Waals surface area (Å²) in [4.78, 5) is 11.0. The fourth-order valence-corrected chi connectivity index (χ4v) is 1.08. The van der Waals surface area contributed by atoms with Gasteiger partial charge in [0, 0.05) is 0 Å². The Morgan fingerprint density at radius 2 is 2.23 bits per heavy atom. The van der Waals surface area contributed by atoms with Crippen LogP contribution in [-0.4, -0.2) is 10.9 Å². The summed E-state index contributed by atoms with van der Waals surface area (Å²) in [6.45, 7) is 1.28. The van der Waals surface area contributed by atoms with Crippen LogP contribution in [0.3, 0.4) is 0 Å². The second-order valence-electron chi connectivity index (χ2n) is 2.59. The molecule has 0 saturated heterocycles. The van der Waals surface area contributed by atoms with Crippen LogP contribution in [0.5, 0.6) is 5.75 Å². The van der Waals surface area contributed by atoms with Crippen LogP contribution in [0.4, 0.5) is 5.69 Å². The van der Waals surface area contributed by atoms with Crippen LogP contribution in [0.25, 0.3) is 0 Å². The lowest BCUT2D eigenvalue weighted by molar-refractivity contribution is 0.101. The van der Waals surface area contributed by atoms with E-state index in [4.69, 9.17) is 11.0 Å². The molecule has 0 aliphatic rings. The zero-order valence-electron chi connectivity index (χ0n) is 7.03. The molecule has 0 fully saturated rings. The average Bonchev–Trinajstić information content (AvgIpc) is 2.04. The number of phenolic OH excluding ortho intramolecular Hbond substituents is 1. The molecular weight excluding hydrogens is 168 g/mol. The normalized spacial score (nSPS) is 9.23. The highest BCUT2D eigenvalue weighted by Gasteiger charge is 2.13. The van der Waals surface area contributed by atoms with Crippen molar-refractivity contribution in [3.63, 3.8) is 0 Å². The molecule has 0 amide bonds. The highest BCUT2D eigenvalue weighted by molar-refractivity contribution is 6.02. The number of carbonyl (C=O) groups is 1. The van der Waals surface area contributed by atoms with Crippen molar-refractivity contribution in [3.05, 3.63) is 23.3 Å². The van der Waals surface area contributed by atoms with Gasteiger partial charge in [-0.25, -0.2) is 0 Å². The zero-order chi connectivity index (χ0) is 10.0.